The lowest BCUT2D eigenvalue weighted by atomic mass is 10.1. The molecule has 0 aliphatic rings. The van der Waals surface area contributed by atoms with Gasteiger partial charge in [0, 0.05) is 10.1 Å². The van der Waals surface area contributed by atoms with Crippen LogP contribution in [0.1, 0.15) is 19.4 Å². The Bertz CT molecular complexity index is 361. The third-order valence-corrected chi connectivity index (χ3v) is 4.03. The van der Waals surface area contributed by atoms with Gasteiger partial charge in [0.1, 0.15) is 0 Å². The Kier molecular flexibility index (Phi) is 5.51. The van der Waals surface area contributed by atoms with E-state index in [1.54, 1.807) is 11.8 Å². The van der Waals surface area contributed by atoms with Gasteiger partial charge in [-0.05, 0) is 17.7 Å². The minimum atomic E-state index is -0.183. The Morgan fingerprint density at radius 2 is 1.94 bits per heavy atom. The molecular formula is C13H18O3S. The van der Waals surface area contributed by atoms with Crippen molar-refractivity contribution in [3.05, 3.63) is 29.8 Å². The Balaban J connectivity index is 2.60. The number of esters is 1. The van der Waals surface area contributed by atoms with Crippen LogP contribution in [0.4, 0.5) is 0 Å². The van der Waals surface area contributed by atoms with Crippen LogP contribution in [0.25, 0.3) is 0 Å². The molecule has 0 aliphatic heterocycles. The van der Waals surface area contributed by atoms with E-state index in [-0.39, 0.29) is 23.7 Å². The summed E-state index contributed by atoms with van der Waals surface area (Å²) in [6, 6.07) is 7.68. The zero-order chi connectivity index (χ0) is 12.8. The van der Waals surface area contributed by atoms with Gasteiger partial charge in [-0.2, -0.15) is 0 Å². The maximum absolute atomic E-state index is 11.4. The molecule has 0 amide bonds. The van der Waals surface area contributed by atoms with E-state index in [0.717, 1.165) is 10.5 Å². The lowest BCUT2D eigenvalue weighted by Gasteiger charge is -2.17. The molecule has 1 N–H and O–H groups in total. The third kappa shape index (κ3) is 4.06. The van der Waals surface area contributed by atoms with Gasteiger partial charge in [-0.15, -0.1) is 11.8 Å². The fourth-order valence-corrected chi connectivity index (χ4v) is 2.41. The number of benzene rings is 1. The van der Waals surface area contributed by atoms with Gasteiger partial charge in [-0.3, -0.25) is 4.79 Å². The average molecular weight is 254 g/mol. The van der Waals surface area contributed by atoms with Crippen LogP contribution >= 0.6 is 11.8 Å². The van der Waals surface area contributed by atoms with Crippen molar-refractivity contribution >= 4 is 17.7 Å². The van der Waals surface area contributed by atoms with Crippen LogP contribution in [0.15, 0.2) is 29.2 Å². The van der Waals surface area contributed by atoms with Gasteiger partial charge >= 0.3 is 5.97 Å². The number of hydrogen-bond donors (Lipinski definition) is 1. The van der Waals surface area contributed by atoms with Crippen molar-refractivity contribution < 1.29 is 14.6 Å². The molecule has 4 heteroatoms. The summed E-state index contributed by atoms with van der Waals surface area (Å²) in [6.07, 6.45) is 0. The number of carbonyl (C=O) groups excluding carboxylic acids is 1. The van der Waals surface area contributed by atoms with Crippen LogP contribution in [-0.4, -0.2) is 23.4 Å². The average Bonchev–Trinajstić information content (AvgIpc) is 2.37. The second-order valence-corrected chi connectivity index (χ2v) is 5.39. The van der Waals surface area contributed by atoms with Crippen LogP contribution in [-0.2, 0) is 16.1 Å². The molecule has 1 aromatic carbocycles. The van der Waals surface area contributed by atoms with E-state index < -0.39 is 0 Å². The van der Waals surface area contributed by atoms with Gasteiger partial charge in [-0.25, -0.2) is 0 Å². The number of carbonyl (C=O) groups is 1. The first-order valence-electron chi connectivity index (χ1n) is 5.52. The monoisotopic (exact) mass is 254 g/mol. The summed E-state index contributed by atoms with van der Waals surface area (Å²) in [5, 5.41) is 9.09. The first kappa shape index (κ1) is 14.1. The van der Waals surface area contributed by atoms with Crippen LogP contribution in [0, 0.1) is 5.92 Å². The molecule has 0 radical (unpaired) electrons. The minimum Gasteiger partial charge on any atom is -0.469 e. The summed E-state index contributed by atoms with van der Waals surface area (Å²) in [5.41, 5.74) is 0.892. The van der Waals surface area contributed by atoms with Gasteiger partial charge in [-0.1, -0.05) is 26.0 Å². The van der Waals surface area contributed by atoms with Crippen LogP contribution < -0.4 is 0 Å². The van der Waals surface area contributed by atoms with E-state index in [0.29, 0.717) is 0 Å². The largest absolute Gasteiger partial charge is 0.469 e. The summed E-state index contributed by atoms with van der Waals surface area (Å²) in [4.78, 5) is 12.5. The lowest BCUT2D eigenvalue weighted by molar-refractivity contribution is -0.144. The van der Waals surface area contributed by atoms with Crippen molar-refractivity contribution in [3.8, 4) is 0 Å². The predicted molar refractivity (Wildman–Crippen MR) is 68.9 cm³/mol. The number of methoxy groups -OCH3 is 1. The number of thioether (sulfide) groups is 1. The smallest absolute Gasteiger partial charge is 0.309 e. The summed E-state index contributed by atoms with van der Waals surface area (Å²) in [7, 11) is 1.41. The first-order chi connectivity index (χ1) is 8.08. The normalized spacial score (nSPS) is 14.1. The van der Waals surface area contributed by atoms with E-state index in [1.165, 1.54) is 7.11 Å². The molecule has 1 rings (SSSR count). The zero-order valence-corrected chi connectivity index (χ0v) is 11.2. The van der Waals surface area contributed by atoms with Crippen molar-refractivity contribution in [3.63, 3.8) is 0 Å². The van der Waals surface area contributed by atoms with Gasteiger partial charge in [0.2, 0.25) is 0 Å². The van der Waals surface area contributed by atoms with Crippen molar-refractivity contribution in [1.82, 2.24) is 0 Å². The molecule has 3 nitrogen and oxygen atoms in total. The van der Waals surface area contributed by atoms with Crippen LogP contribution in [0.2, 0.25) is 0 Å². The van der Waals surface area contributed by atoms with E-state index in [4.69, 9.17) is 9.84 Å². The number of aliphatic hydroxyl groups excluding tert-OH is 1. The summed E-state index contributed by atoms with van der Waals surface area (Å²) >= 11 is 1.63. The van der Waals surface area contributed by atoms with E-state index in [1.807, 2.05) is 38.1 Å². The van der Waals surface area contributed by atoms with E-state index >= 15 is 0 Å². The second-order valence-electron chi connectivity index (χ2n) is 3.94. The van der Waals surface area contributed by atoms with Crippen molar-refractivity contribution in [2.45, 2.75) is 30.6 Å². The summed E-state index contributed by atoms with van der Waals surface area (Å²) in [6.45, 7) is 3.93. The summed E-state index contributed by atoms with van der Waals surface area (Å²) in [5.74, 6) is -0.320. The maximum atomic E-state index is 11.4. The molecule has 0 aliphatic carbocycles. The first-order valence-corrected chi connectivity index (χ1v) is 6.40. The third-order valence-electron chi connectivity index (χ3n) is 2.70. The molecule has 2 atom stereocenters. The topological polar surface area (TPSA) is 46.5 Å². The van der Waals surface area contributed by atoms with Crippen molar-refractivity contribution in [1.29, 1.82) is 0 Å². The molecule has 0 saturated carbocycles. The number of hydrogen-bond acceptors (Lipinski definition) is 4. The molecule has 0 heterocycles. The van der Waals surface area contributed by atoms with Gasteiger partial charge in [0.25, 0.3) is 0 Å². The number of aliphatic hydroxyl groups is 1. The molecule has 0 saturated heterocycles. The van der Waals surface area contributed by atoms with Gasteiger partial charge in [0.05, 0.1) is 19.6 Å². The fourth-order valence-electron chi connectivity index (χ4n) is 1.37. The lowest BCUT2D eigenvalue weighted by Crippen LogP contribution is -2.21. The molecule has 0 aromatic heterocycles. The molecular weight excluding hydrogens is 236 g/mol. The van der Waals surface area contributed by atoms with E-state index in [2.05, 4.69) is 0 Å². The highest BCUT2D eigenvalue weighted by molar-refractivity contribution is 8.00. The zero-order valence-electron chi connectivity index (χ0n) is 10.3. The van der Waals surface area contributed by atoms with Crippen molar-refractivity contribution in [2.75, 3.05) is 7.11 Å². The second kappa shape index (κ2) is 6.67. The highest BCUT2D eigenvalue weighted by Crippen LogP contribution is 2.28. The Morgan fingerprint density at radius 3 is 2.41 bits per heavy atom. The van der Waals surface area contributed by atoms with Gasteiger partial charge < -0.3 is 9.84 Å². The number of rotatable bonds is 5. The van der Waals surface area contributed by atoms with Crippen LogP contribution in [0.5, 0.6) is 0 Å². The predicted octanol–water partition coefficient (Wildman–Crippen LogP) is 2.47. The number of ether oxygens (including phenoxy) is 1. The SMILES string of the molecule is COC(=O)C(C)C(C)Sc1ccc(CO)cc1. The standard InChI is InChI=1S/C13H18O3S/c1-9(13(15)16-3)10(2)17-12-6-4-11(8-14)5-7-12/h4-7,9-10,14H,8H2,1-3H3. The van der Waals surface area contributed by atoms with Crippen molar-refractivity contribution in [2.24, 2.45) is 5.92 Å². The minimum absolute atomic E-state index is 0.0546. The Morgan fingerprint density at radius 1 is 1.35 bits per heavy atom. The summed E-state index contributed by atoms with van der Waals surface area (Å²) < 4.78 is 4.72. The molecule has 2 unspecified atom stereocenters. The van der Waals surface area contributed by atoms with E-state index in [9.17, 15) is 4.79 Å². The Labute approximate surface area is 106 Å². The molecule has 1 aromatic rings. The highest BCUT2D eigenvalue weighted by Gasteiger charge is 2.21. The molecule has 0 fully saturated rings. The quantitative estimate of drug-likeness (QED) is 0.647. The highest BCUT2D eigenvalue weighted by atomic mass is 32.2. The van der Waals surface area contributed by atoms with Gasteiger partial charge in [0.15, 0.2) is 0 Å². The molecule has 0 spiro atoms. The van der Waals surface area contributed by atoms with Crippen LogP contribution in [0.3, 0.4) is 0 Å². The molecule has 94 valence electrons. The maximum Gasteiger partial charge on any atom is 0.309 e. The Hall–Kier alpha value is -1.00. The molecule has 0 bridgehead atoms. The fraction of sp³-hybridized carbons (Fsp3) is 0.462. The molecule has 17 heavy (non-hydrogen) atoms.